The molecule has 0 saturated heterocycles. The van der Waals surface area contributed by atoms with Gasteiger partial charge in [-0.05, 0) is 89.5 Å². The summed E-state index contributed by atoms with van der Waals surface area (Å²) in [5, 5.41) is 10.3. The van der Waals surface area contributed by atoms with Gasteiger partial charge in [-0.25, -0.2) is 9.98 Å². The van der Waals surface area contributed by atoms with E-state index in [1.807, 2.05) is 42.5 Å². The summed E-state index contributed by atoms with van der Waals surface area (Å²) in [5.74, 6) is 1.47. The van der Waals surface area contributed by atoms with Crippen LogP contribution in [0, 0.1) is 0 Å². The summed E-state index contributed by atoms with van der Waals surface area (Å²) in [6.45, 7) is 0. The summed E-state index contributed by atoms with van der Waals surface area (Å²) >= 11 is 0. The number of nitrogens with one attached hydrogen (secondary N) is 1. The molecule has 1 aliphatic rings. The number of fused-ring (bicyclic) bond motifs is 9. The number of hydrogen-bond acceptors (Lipinski definition) is 5. The Morgan fingerprint density at radius 1 is 0.421 bits per heavy atom. The summed E-state index contributed by atoms with van der Waals surface area (Å²) in [6.07, 6.45) is -0.266. The zero-order valence-corrected chi connectivity index (χ0v) is 30.6. The molecular weight excluding hydrogens is 701 g/mol. The highest BCUT2D eigenvalue weighted by molar-refractivity contribution is 6.16. The SMILES string of the molecule is c1ccc(C2=NC(c3ccc4oc5cc(-c6ccc7oc8ccc(-n9c%10ccccc%10c%10ccccc%109)cc8c7c6)ccc5c4c3)=NC(c3ccccc3)N2)cc1. The Morgan fingerprint density at radius 2 is 0.982 bits per heavy atom. The van der Waals surface area contributed by atoms with Crippen LogP contribution in [0.4, 0.5) is 0 Å². The molecular formula is C51H32N4O2. The molecule has 0 aliphatic carbocycles. The van der Waals surface area contributed by atoms with Gasteiger partial charge < -0.3 is 18.7 Å². The molecule has 268 valence electrons. The van der Waals surface area contributed by atoms with Gasteiger partial charge >= 0.3 is 0 Å². The summed E-state index contributed by atoms with van der Waals surface area (Å²) < 4.78 is 15.2. The van der Waals surface area contributed by atoms with Gasteiger partial charge in [0, 0.05) is 49.1 Å². The van der Waals surface area contributed by atoms with E-state index in [0.29, 0.717) is 5.84 Å². The lowest BCUT2D eigenvalue weighted by Crippen LogP contribution is -2.33. The van der Waals surface area contributed by atoms with Crippen molar-refractivity contribution in [2.45, 2.75) is 6.17 Å². The van der Waals surface area contributed by atoms with Gasteiger partial charge in [0.2, 0.25) is 0 Å². The van der Waals surface area contributed by atoms with Crippen molar-refractivity contribution in [3.63, 3.8) is 0 Å². The number of benzene rings is 8. The molecule has 1 N–H and O–H groups in total. The highest BCUT2D eigenvalue weighted by atomic mass is 16.3. The number of aliphatic imine (C=N–C) groups is 2. The van der Waals surface area contributed by atoms with Gasteiger partial charge in [0.15, 0.2) is 5.84 Å². The molecule has 11 aromatic rings. The molecule has 1 aliphatic heterocycles. The van der Waals surface area contributed by atoms with E-state index in [9.17, 15) is 0 Å². The van der Waals surface area contributed by atoms with Crippen molar-refractivity contribution in [3.8, 4) is 16.8 Å². The van der Waals surface area contributed by atoms with E-state index < -0.39 is 0 Å². The van der Waals surface area contributed by atoms with Gasteiger partial charge in [0.25, 0.3) is 0 Å². The number of para-hydroxylation sites is 2. The molecule has 8 aromatic carbocycles. The molecule has 1 atom stereocenters. The van der Waals surface area contributed by atoms with Crippen LogP contribution in [0.15, 0.2) is 201 Å². The highest BCUT2D eigenvalue weighted by Crippen LogP contribution is 2.38. The standard InChI is InChI=1S/C51H32N4O2/c1-3-11-31(12-4-1)49-52-50(32-13-5-2-6-14-32)54-51(53-49)35-21-25-45-40(28-35)39-23-19-34(29-48(39)57-45)33-20-24-46-41(27-33)42-30-36(22-26-47(42)56-46)55-43-17-9-7-15-37(43)38-16-8-10-18-44(38)55/h1-30,49H,(H,52,53,54). The first-order chi connectivity index (χ1) is 28.2. The third-order valence-electron chi connectivity index (χ3n) is 11.3. The minimum Gasteiger partial charge on any atom is -0.456 e. The van der Waals surface area contributed by atoms with E-state index in [4.69, 9.17) is 18.8 Å². The molecule has 0 spiro atoms. The van der Waals surface area contributed by atoms with Crippen molar-refractivity contribution in [1.82, 2.24) is 9.88 Å². The molecule has 0 amide bonds. The lowest BCUT2D eigenvalue weighted by atomic mass is 10.0. The first kappa shape index (κ1) is 31.6. The van der Waals surface area contributed by atoms with E-state index in [0.717, 1.165) is 83.2 Å². The van der Waals surface area contributed by atoms with E-state index in [-0.39, 0.29) is 6.17 Å². The second-order valence-electron chi connectivity index (χ2n) is 14.6. The number of rotatable bonds is 5. The molecule has 6 heteroatoms. The van der Waals surface area contributed by atoms with Crippen LogP contribution in [0.3, 0.4) is 0 Å². The van der Waals surface area contributed by atoms with Crippen LogP contribution < -0.4 is 5.32 Å². The second kappa shape index (κ2) is 12.4. The fraction of sp³-hybridized carbons (Fsp3) is 0.0196. The molecule has 6 nitrogen and oxygen atoms in total. The molecule has 57 heavy (non-hydrogen) atoms. The zero-order chi connectivity index (χ0) is 37.5. The minimum absolute atomic E-state index is 0.266. The Kier molecular flexibility index (Phi) is 6.89. The highest BCUT2D eigenvalue weighted by Gasteiger charge is 2.22. The van der Waals surface area contributed by atoms with Gasteiger partial charge in [0.05, 0.1) is 11.0 Å². The molecule has 0 bridgehead atoms. The molecule has 1 unspecified atom stereocenters. The molecule has 0 fully saturated rings. The summed E-state index contributed by atoms with van der Waals surface area (Å²) in [5.41, 5.74) is 12.0. The maximum atomic E-state index is 6.50. The maximum Gasteiger partial charge on any atom is 0.159 e. The van der Waals surface area contributed by atoms with Crippen LogP contribution in [-0.4, -0.2) is 16.2 Å². The normalized spacial score (nSPS) is 14.5. The summed E-state index contributed by atoms with van der Waals surface area (Å²) in [6, 6.07) is 63.3. The van der Waals surface area contributed by atoms with Crippen LogP contribution in [0.2, 0.25) is 0 Å². The average Bonchev–Trinajstić information content (AvgIpc) is 3.95. The molecule has 3 aromatic heterocycles. The maximum absolute atomic E-state index is 6.50. The fourth-order valence-corrected chi connectivity index (χ4v) is 8.51. The lowest BCUT2D eigenvalue weighted by molar-refractivity contribution is 0.668. The third-order valence-corrected chi connectivity index (χ3v) is 11.3. The van der Waals surface area contributed by atoms with Crippen molar-refractivity contribution in [1.29, 1.82) is 0 Å². The largest absolute Gasteiger partial charge is 0.456 e. The Balaban J connectivity index is 0.934. The van der Waals surface area contributed by atoms with Crippen molar-refractivity contribution < 1.29 is 8.83 Å². The van der Waals surface area contributed by atoms with Crippen molar-refractivity contribution in [2.24, 2.45) is 9.98 Å². The lowest BCUT2D eigenvalue weighted by Gasteiger charge is -2.23. The van der Waals surface area contributed by atoms with Crippen LogP contribution in [0.5, 0.6) is 0 Å². The minimum atomic E-state index is -0.266. The van der Waals surface area contributed by atoms with Gasteiger partial charge in [-0.15, -0.1) is 0 Å². The van der Waals surface area contributed by atoms with Crippen molar-refractivity contribution >= 4 is 77.4 Å². The first-order valence-electron chi connectivity index (χ1n) is 19.2. The Labute approximate surface area is 326 Å². The van der Waals surface area contributed by atoms with Crippen LogP contribution in [0.25, 0.3) is 82.5 Å². The van der Waals surface area contributed by atoms with Gasteiger partial charge in [0.1, 0.15) is 34.3 Å². The first-order valence-corrected chi connectivity index (χ1v) is 19.2. The fourth-order valence-electron chi connectivity index (χ4n) is 8.51. The predicted molar refractivity (Wildman–Crippen MR) is 233 cm³/mol. The molecule has 4 heterocycles. The average molecular weight is 733 g/mol. The molecule has 0 saturated carbocycles. The smallest absolute Gasteiger partial charge is 0.159 e. The van der Waals surface area contributed by atoms with E-state index in [2.05, 4.69) is 149 Å². The van der Waals surface area contributed by atoms with Crippen LogP contribution in [-0.2, 0) is 0 Å². The topological polar surface area (TPSA) is 68.0 Å². The predicted octanol–water partition coefficient (Wildman–Crippen LogP) is 12.7. The van der Waals surface area contributed by atoms with Gasteiger partial charge in [-0.1, -0.05) is 109 Å². The molecule has 0 radical (unpaired) electrons. The Morgan fingerprint density at radius 3 is 1.74 bits per heavy atom. The van der Waals surface area contributed by atoms with Crippen molar-refractivity contribution in [2.75, 3.05) is 0 Å². The summed E-state index contributed by atoms with van der Waals surface area (Å²) in [4.78, 5) is 10.1. The van der Waals surface area contributed by atoms with Crippen LogP contribution >= 0.6 is 0 Å². The number of nitrogens with zero attached hydrogens (tertiary/aromatic N) is 3. The van der Waals surface area contributed by atoms with Crippen LogP contribution in [0.1, 0.15) is 22.9 Å². The Bertz CT molecular complexity index is 3390. The summed E-state index contributed by atoms with van der Waals surface area (Å²) in [7, 11) is 0. The second-order valence-corrected chi connectivity index (χ2v) is 14.6. The number of amidine groups is 2. The van der Waals surface area contributed by atoms with Gasteiger partial charge in [-0.3, -0.25) is 0 Å². The number of furan rings is 2. The monoisotopic (exact) mass is 732 g/mol. The number of hydrogen-bond donors (Lipinski definition) is 1. The van der Waals surface area contributed by atoms with E-state index in [1.165, 1.54) is 21.8 Å². The van der Waals surface area contributed by atoms with E-state index in [1.54, 1.807) is 0 Å². The quantitative estimate of drug-likeness (QED) is 0.192. The zero-order valence-electron chi connectivity index (χ0n) is 30.6. The van der Waals surface area contributed by atoms with Crippen molar-refractivity contribution in [3.05, 3.63) is 199 Å². The molecule has 12 rings (SSSR count). The number of aromatic nitrogens is 1. The van der Waals surface area contributed by atoms with E-state index >= 15 is 0 Å². The Hall–Kier alpha value is -7.70. The third kappa shape index (κ3) is 5.11. The van der Waals surface area contributed by atoms with Gasteiger partial charge in [-0.2, -0.15) is 0 Å².